The van der Waals surface area contributed by atoms with Gasteiger partial charge in [0.25, 0.3) is 0 Å². The highest BCUT2D eigenvalue weighted by molar-refractivity contribution is 6.30. The van der Waals surface area contributed by atoms with Crippen molar-refractivity contribution in [2.45, 2.75) is 5.92 Å². The van der Waals surface area contributed by atoms with Gasteiger partial charge in [-0.05, 0) is 18.2 Å². The summed E-state index contributed by atoms with van der Waals surface area (Å²) in [4.78, 5) is 9.33. The summed E-state index contributed by atoms with van der Waals surface area (Å²) >= 11 is 6.11. The average molecular weight is 333 g/mol. The quantitative estimate of drug-likeness (QED) is 0.599. The molecular weight excluding hydrogens is 320 g/mol. The van der Waals surface area contributed by atoms with Crippen LogP contribution in [0.3, 0.4) is 0 Å². The van der Waals surface area contributed by atoms with Crippen molar-refractivity contribution in [1.29, 1.82) is 0 Å². The summed E-state index contributed by atoms with van der Waals surface area (Å²) in [6.45, 7) is 0. The van der Waals surface area contributed by atoms with Gasteiger partial charge in [0, 0.05) is 28.0 Å². The Balaban J connectivity index is 1.72. The van der Waals surface area contributed by atoms with E-state index in [1.807, 2.05) is 30.3 Å². The molecule has 2 atom stereocenters. The molecule has 0 saturated heterocycles. The first-order chi connectivity index (χ1) is 11.8. The molecule has 0 amide bonds. The van der Waals surface area contributed by atoms with E-state index >= 15 is 0 Å². The monoisotopic (exact) mass is 332 g/mol. The van der Waals surface area contributed by atoms with Crippen LogP contribution in [0.25, 0.3) is 28.6 Å². The molecule has 0 radical (unpaired) electrons. The predicted octanol–water partition coefficient (Wildman–Crippen LogP) is 5.40. The minimum Gasteiger partial charge on any atom is -0.437 e. The number of furan rings is 1. The van der Waals surface area contributed by atoms with Crippen LogP contribution in [-0.4, -0.2) is 9.97 Å². The van der Waals surface area contributed by atoms with Crippen molar-refractivity contribution in [2.75, 3.05) is 0 Å². The van der Waals surface area contributed by atoms with Crippen LogP contribution in [0.15, 0.2) is 65.3 Å². The Hall–Kier alpha value is -2.65. The van der Waals surface area contributed by atoms with E-state index in [0.717, 1.165) is 28.1 Å². The van der Waals surface area contributed by atoms with E-state index in [2.05, 4.69) is 35.4 Å². The highest BCUT2D eigenvalue weighted by atomic mass is 35.5. The maximum Gasteiger partial charge on any atom is 0.245 e. The molecule has 3 aromatic rings. The third-order valence-electron chi connectivity index (χ3n) is 4.57. The Kier molecular flexibility index (Phi) is 2.97. The molecule has 4 heteroatoms. The van der Waals surface area contributed by atoms with E-state index < -0.39 is 0 Å². The number of nitrogens with zero attached hydrogens (tertiary/aromatic N) is 2. The van der Waals surface area contributed by atoms with Crippen molar-refractivity contribution >= 4 is 28.9 Å². The molecular formula is C20H13ClN2O. The van der Waals surface area contributed by atoms with E-state index in [9.17, 15) is 0 Å². The van der Waals surface area contributed by atoms with E-state index in [1.54, 1.807) is 6.20 Å². The van der Waals surface area contributed by atoms with Gasteiger partial charge in [-0.25, -0.2) is 9.97 Å². The van der Waals surface area contributed by atoms with Gasteiger partial charge in [0.1, 0.15) is 11.3 Å². The Morgan fingerprint density at radius 2 is 2.00 bits per heavy atom. The smallest absolute Gasteiger partial charge is 0.245 e. The lowest BCUT2D eigenvalue weighted by Crippen LogP contribution is -2.12. The van der Waals surface area contributed by atoms with Gasteiger partial charge < -0.3 is 4.42 Å². The Bertz CT molecular complexity index is 1040. The maximum absolute atomic E-state index is 6.11. The summed E-state index contributed by atoms with van der Waals surface area (Å²) in [5, 5.41) is 0.687. The molecule has 2 aliphatic rings. The number of rotatable bonds is 1. The molecule has 116 valence electrons. The highest BCUT2D eigenvalue weighted by Gasteiger charge is 2.30. The second-order valence-electron chi connectivity index (χ2n) is 6.03. The minimum absolute atomic E-state index is 0.250. The number of hydrogen-bond donors (Lipinski definition) is 0. The van der Waals surface area contributed by atoms with Crippen molar-refractivity contribution < 1.29 is 4.42 Å². The number of benzene rings is 1. The fourth-order valence-corrected chi connectivity index (χ4v) is 3.62. The highest BCUT2D eigenvalue weighted by Crippen LogP contribution is 2.42. The summed E-state index contributed by atoms with van der Waals surface area (Å²) in [5.74, 6) is 1.45. The molecule has 5 rings (SSSR count). The second-order valence-corrected chi connectivity index (χ2v) is 6.47. The Morgan fingerprint density at radius 3 is 2.92 bits per heavy atom. The van der Waals surface area contributed by atoms with E-state index in [4.69, 9.17) is 21.0 Å². The first kappa shape index (κ1) is 13.8. The third-order valence-corrected chi connectivity index (χ3v) is 4.80. The summed E-state index contributed by atoms with van der Waals surface area (Å²) < 4.78 is 5.91. The van der Waals surface area contributed by atoms with Gasteiger partial charge in [0.15, 0.2) is 0 Å². The topological polar surface area (TPSA) is 38.9 Å². The van der Waals surface area contributed by atoms with Gasteiger partial charge in [0.2, 0.25) is 5.71 Å². The largest absolute Gasteiger partial charge is 0.437 e. The van der Waals surface area contributed by atoms with Gasteiger partial charge in [-0.3, -0.25) is 0 Å². The second kappa shape index (κ2) is 5.18. The lowest BCUT2D eigenvalue weighted by molar-refractivity contribution is 0.569. The van der Waals surface area contributed by atoms with E-state index in [1.165, 1.54) is 0 Å². The number of halogens is 1. The molecule has 0 spiro atoms. The first-order valence-electron chi connectivity index (χ1n) is 7.88. The van der Waals surface area contributed by atoms with Crippen LogP contribution in [0, 0.1) is 5.92 Å². The molecule has 2 aromatic heterocycles. The molecule has 0 saturated carbocycles. The van der Waals surface area contributed by atoms with Crippen LogP contribution in [0.1, 0.15) is 17.2 Å². The molecule has 2 aliphatic carbocycles. The Morgan fingerprint density at radius 1 is 1.08 bits per heavy atom. The molecule has 24 heavy (non-hydrogen) atoms. The zero-order valence-corrected chi connectivity index (χ0v) is 13.4. The standard InChI is InChI=1S/C20H13ClN2O/c21-14-6-3-5-13(10-14)16-11-22-20-19(23-16)18-15-7-2-1-4-12(15)8-9-17(18)24-20/h1-12,15H. The molecule has 3 nitrogen and oxygen atoms in total. The van der Waals surface area contributed by atoms with Crippen LogP contribution in [0.4, 0.5) is 0 Å². The molecule has 2 heterocycles. The van der Waals surface area contributed by atoms with Gasteiger partial charge in [-0.1, -0.05) is 54.1 Å². The molecule has 0 N–H and O–H groups in total. The zero-order chi connectivity index (χ0) is 16.1. The summed E-state index contributed by atoms with van der Waals surface area (Å²) in [6.07, 6.45) is 14.5. The van der Waals surface area contributed by atoms with Gasteiger partial charge in [-0.15, -0.1) is 0 Å². The van der Waals surface area contributed by atoms with Crippen molar-refractivity contribution in [3.05, 3.63) is 77.2 Å². The summed E-state index contributed by atoms with van der Waals surface area (Å²) in [7, 11) is 0. The maximum atomic E-state index is 6.11. The Labute approximate surface area is 144 Å². The van der Waals surface area contributed by atoms with Crippen LogP contribution in [-0.2, 0) is 0 Å². The van der Waals surface area contributed by atoms with E-state index in [-0.39, 0.29) is 5.92 Å². The molecule has 2 unspecified atom stereocenters. The summed E-state index contributed by atoms with van der Waals surface area (Å²) in [6, 6.07) is 7.66. The lowest BCUT2D eigenvalue weighted by atomic mass is 9.79. The van der Waals surface area contributed by atoms with Crippen LogP contribution >= 0.6 is 11.6 Å². The fraction of sp³-hybridized carbons (Fsp3) is 0.100. The van der Waals surface area contributed by atoms with Gasteiger partial charge >= 0.3 is 0 Å². The van der Waals surface area contributed by atoms with E-state index in [0.29, 0.717) is 16.7 Å². The van der Waals surface area contributed by atoms with Crippen LogP contribution in [0.5, 0.6) is 0 Å². The SMILES string of the molecule is Clc1cccc(-c2cnc3oc4c(c3n2)C2C=CC=CC2C=C4)c1. The van der Waals surface area contributed by atoms with Crippen molar-refractivity contribution in [2.24, 2.45) is 5.92 Å². The van der Waals surface area contributed by atoms with Crippen molar-refractivity contribution in [3.63, 3.8) is 0 Å². The van der Waals surface area contributed by atoms with Crippen molar-refractivity contribution in [1.82, 2.24) is 9.97 Å². The third kappa shape index (κ3) is 2.05. The molecule has 1 aromatic carbocycles. The number of aromatic nitrogens is 2. The average Bonchev–Trinajstić information content (AvgIpc) is 3.00. The van der Waals surface area contributed by atoms with Crippen LogP contribution in [0.2, 0.25) is 5.02 Å². The number of allylic oxidation sites excluding steroid dienone is 5. The molecule has 0 aliphatic heterocycles. The predicted molar refractivity (Wildman–Crippen MR) is 95.8 cm³/mol. The summed E-state index contributed by atoms with van der Waals surface area (Å²) in [5.41, 5.74) is 4.29. The van der Waals surface area contributed by atoms with Gasteiger partial charge in [-0.2, -0.15) is 0 Å². The fourth-order valence-electron chi connectivity index (χ4n) is 3.43. The lowest BCUT2D eigenvalue weighted by Gasteiger charge is -2.24. The molecule has 0 fully saturated rings. The zero-order valence-electron chi connectivity index (χ0n) is 12.7. The minimum atomic E-state index is 0.250. The normalized spacial score (nSPS) is 21.0. The van der Waals surface area contributed by atoms with Crippen LogP contribution < -0.4 is 0 Å². The number of fused-ring (bicyclic) bond motifs is 5. The van der Waals surface area contributed by atoms with Gasteiger partial charge in [0.05, 0.1) is 11.9 Å². The first-order valence-corrected chi connectivity index (χ1v) is 8.26. The molecule has 0 bridgehead atoms. The number of hydrogen-bond acceptors (Lipinski definition) is 3. The van der Waals surface area contributed by atoms with Crippen molar-refractivity contribution in [3.8, 4) is 11.3 Å².